The average Bonchev–Trinajstić information content (AvgIpc) is 2.59. The summed E-state index contributed by atoms with van der Waals surface area (Å²) in [5.74, 6) is 0.634. The maximum atomic E-state index is 5.73. The predicted octanol–water partition coefficient (Wildman–Crippen LogP) is -0.458. The van der Waals surface area contributed by atoms with Gasteiger partial charge in [-0.15, -0.1) is 5.10 Å². The number of likely N-dealkylation sites (N-methyl/N-ethyl adjacent to an activating group) is 1. The molecule has 0 fully saturated rings. The largest absolute Gasteiger partial charge is 0.342 e. The zero-order valence-corrected chi connectivity index (χ0v) is 9.62. The van der Waals surface area contributed by atoms with E-state index in [1.165, 1.54) is 0 Å². The molecule has 7 nitrogen and oxygen atoms in total. The molecule has 2 aromatic rings. The topological polar surface area (TPSA) is 85.8 Å². The highest BCUT2D eigenvalue weighted by molar-refractivity contribution is 5.69. The van der Waals surface area contributed by atoms with E-state index in [2.05, 4.69) is 20.3 Å². The first-order valence-corrected chi connectivity index (χ1v) is 5.07. The molecule has 0 aliphatic heterocycles. The summed E-state index contributed by atoms with van der Waals surface area (Å²) in [6.45, 7) is 2.65. The highest BCUT2D eigenvalue weighted by atomic mass is 15.4. The number of aryl methyl sites for hydroxylation is 1. The number of fused-ring (bicyclic) bond motifs is 1. The summed E-state index contributed by atoms with van der Waals surface area (Å²) in [5.41, 5.74) is 7.14. The molecular formula is C9H15N7. The molecule has 0 spiro atoms. The lowest BCUT2D eigenvalue weighted by Gasteiger charge is -2.18. The van der Waals surface area contributed by atoms with Gasteiger partial charge in [0, 0.05) is 26.7 Å². The van der Waals surface area contributed by atoms with Gasteiger partial charge in [0.15, 0.2) is 11.2 Å². The van der Waals surface area contributed by atoms with Crippen LogP contribution in [0.15, 0.2) is 6.20 Å². The summed E-state index contributed by atoms with van der Waals surface area (Å²) in [4.78, 5) is 10.5. The van der Waals surface area contributed by atoms with Gasteiger partial charge in [0.05, 0.1) is 6.20 Å². The second-order valence-corrected chi connectivity index (χ2v) is 3.95. The predicted molar refractivity (Wildman–Crippen MR) is 61.0 cm³/mol. The molecule has 86 valence electrons. The van der Waals surface area contributed by atoms with Crippen LogP contribution < -0.4 is 10.6 Å². The Hall–Kier alpha value is -1.76. The molecule has 0 aliphatic rings. The summed E-state index contributed by atoms with van der Waals surface area (Å²) in [6, 6.07) is 0.0777. The summed E-state index contributed by atoms with van der Waals surface area (Å²) < 4.78 is 1.63. The quantitative estimate of drug-likeness (QED) is 0.755. The van der Waals surface area contributed by atoms with Gasteiger partial charge in [-0.3, -0.25) is 0 Å². The van der Waals surface area contributed by atoms with Gasteiger partial charge in [0.25, 0.3) is 0 Å². The van der Waals surface area contributed by atoms with E-state index in [1.54, 1.807) is 17.9 Å². The molecule has 0 saturated heterocycles. The first kappa shape index (κ1) is 10.7. The highest BCUT2D eigenvalue weighted by Crippen LogP contribution is 2.10. The van der Waals surface area contributed by atoms with Gasteiger partial charge in [0.1, 0.15) is 0 Å². The molecule has 0 aliphatic carbocycles. The van der Waals surface area contributed by atoms with Crippen molar-refractivity contribution in [3.63, 3.8) is 0 Å². The smallest absolute Gasteiger partial charge is 0.227 e. The number of anilines is 1. The van der Waals surface area contributed by atoms with Crippen LogP contribution in [0.2, 0.25) is 0 Å². The van der Waals surface area contributed by atoms with Crippen molar-refractivity contribution in [1.82, 2.24) is 25.0 Å². The van der Waals surface area contributed by atoms with E-state index in [-0.39, 0.29) is 6.04 Å². The lowest BCUT2D eigenvalue weighted by molar-refractivity contribution is 0.702. The van der Waals surface area contributed by atoms with E-state index in [0.717, 1.165) is 5.65 Å². The number of nitrogens with two attached hydrogens (primary N) is 1. The maximum absolute atomic E-state index is 5.73. The van der Waals surface area contributed by atoms with E-state index in [1.807, 2.05) is 18.9 Å². The van der Waals surface area contributed by atoms with Crippen LogP contribution in [-0.4, -0.2) is 44.6 Å². The van der Waals surface area contributed by atoms with Crippen LogP contribution in [0.5, 0.6) is 0 Å². The highest BCUT2D eigenvalue weighted by Gasteiger charge is 2.10. The van der Waals surface area contributed by atoms with E-state index in [4.69, 9.17) is 5.73 Å². The molecule has 1 atom stereocenters. The van der Waals surface area contributed by atoms with Crippen molar-refractivity contribution in [3.05, 3.63) is 6.20 Å². The van der Waals surface area contributed by atoms with Crippen molar-refractivity contribution in [3.8, 4) is 0 Å². The summed E-state index contributed by atoms with van der Waals surface area (Å²) in [7, 11) is 3.71. The molecule has 0 bridgehead atoms. The summed E-state index contributed by atoms with van der Waals surface area (Å²) in [6.07, 6.45) is 1.67. The van der Waals surface area contributed by atoms with E-state index in [0.29, 0.717) is 18.0 Å². The Morgan fingerprint density at radius 1 is 1.56 bits per heavy atom. The number of nitrogens with zero attached hydrogens (tertiary/aromatic N) is 6. The fourth-order valence-corrected chi connectivity index (χ4v) is 1.52. The maximum Gasteiger partial charge on any atom is 0.227 e. The molecule has 0 amide bonds. The molecule has 1 unspecified atom stereocenters. The Bertz CT molecular complexity index is 490. The van der Waals surface area contributed by atoms with Gasteiger partial charge in [-0.05, 0) is 6.92 Å². The second kappa shape index (κ2) is 4.01. The normalized spacial score (nSPS) is 13.0. The number of rotatable bonds is 3. The molecule has 0 saturated carbocycles. The van der Waals surface area contributed by atoms with Gasteiger partial charge < -0.3 is 10.6 Å². The Labute approximate surface area is 93.3 Å². The van der Waals surface area contributed by atoms with Crippen molar-refractivity contribution in [2.75, 3.05) is 18.5 Å². The summed E-state index contributed by atoms with van der Waals surface area (Å²) in [5, 5.41) is 7.80. The van der Waals surface area contributed by atoms with Gasteiger partial charge in [0.2, 0.25) is 5.95 Å². The monoisotopic (exact) mass is 221 g/mol. The first-order chi connectivity index (χ1) is 7.58. The minimum atomic E-state index is 0.0777. The number of aromatic nitrogens is 5. The minimum absolute atomic E-state index is 0.0777. The fraction of sp³-hybridized carbons (Fsp3) is 0.556. The van der Waals surface area contributed by atoms with Crippen LogP contribution in [0.1, 0.15) is 6.92 Å². The number of hydrogen-bond donors (Lipinski definition) is 1. The van der Waals surface area contributed by atoms with Crippen LogP contribution in [0.25, 0.3) is 11.2 Å². The minimum Gasteiger partial charge on any atom is -0.342 e. The first-order valence-electron chi connectivity index (χ1n) is 5.07. The van der Waals surface area contributed by atoms with Crippen LogP contribution >= 0.6 is 0 Å². The third-order valence-corrected chi connectivity index (χ3v) is 2.23. The van der Waals surface area contributed by atoms with Gasteiger partial charge >= 0.3 is 0 Å². The SMILES string of the molecule is CC(N)CN(C)c1ncc2nnn(C)c2n1. The fourth-order valence-electron chi connectivity index (χ4n) is 1.52. The van der Waals surface area contributed by atoms with Crippen molar-refractivity contribution in [2.24, 2.45) is 12.8 Å². The molecule has 2 aromatic heterocycles. The molecule has 7 heteroatoms. The van der Waals surface area contributed by atoms with Crippen LogP contribution in [-0.2, 0) is 7.05 Å². The Morgan fingerprint density at radius 2 is 2.31 bits per heavy atom. The zero-order valence-electron chi connectivity index (χ0n) is 9.62. The molecule has 2 rings (SSSR count). The van der Waals surface area contributed by atoms with E-state index >= 15 is 0 Å². The Morgan fingerprint density at radius 3 is 3.00 bits per heavy atom. The van der Waals surface area contributed by atoms with Crippen LogP contribution in [0.4, 0.5) is 5.95 Å². The van der Waals surface area contributed by atoms with E-state index in [9.17, 15) is 0 Å². The van der Waals surface area contributed by atoms with E-state index < -0.39 is 0 Å². The third kappa shape index (κ3) is 1.94. The van der Waals surface area contributed by atoms with Gasteiger partial charge in [-0.25, -0.2) is 9.67 Å². The second-order valence-electron chi connectivity index (χ2n) is 3.95. The third-order valence-electron chi connectivity index (χ3n) is 2.23. The molecule has 2 N–H and O–H groups in total. The van der Waals surface area contributed by atoms with Gasteiger partial charge in [-0.2, -0.15) is 4.98 Å². The summed E-state index contributed by atoms with van der Waals surface area (Å²) >= 11 is 0. The molecular weight excluding hydrogens is 206 g/mol. The lowest BCUT2D eigenvalue weighted by Crippen LogP contribution is -2.33. The molecule has 0 aromatic carbocycles. The van der Waals surface area contributed by atoms with Gasteiger partial charge in [-0.1, -0.05) is 5.21 Å². The van der Waals surface area contributed by atoms with Crippen molar-refractivity contribution < 1.29 is 0 Å². The van der Waals surface area contributed by atoms with Crippen molar-refractivity contribution in [1.29, 1.82) is 0 Å². The molecule has 2 heterocycles. The average molecular weight is 221 g/mol. The van der Waals surface area contributed by atoms with Crippen LogP contribution in [0, 0.1) is 0 Å². The molecule has 0 radical (unpaired) electrons. The number of hydrogen-bond acceptors (Lipinski definition) is 6. The van der Waals surface area contributed by atoms with Crippen molar-refractivity contribution in [2.45, 2.75) is 13.0 Å². The zero-order chi connectivity index (χ0) is 11.7. The Kier molecular flexibility index (Phi) is 2.69. The van der Waals surface area contributed by atoms with Crippen LogP contribution in [0.3, 0.4) is 0 Å². The Balaban J connectivity index is 2.34. The van der Waals surface area contributed by atoms with Crippen molar-refractivity contribution >= 4 is 17.1 Å². The standard InChI is InChI=1S/C9H15N7/c1-6(10)5-15(2)9-11-4-7-8(12-9)16(3)14-13-7/h4,6H,5,10H2,1-3H3. The molecule has 16 heavy (non-hydrogen) atoms. The lowest BCUT2D eigenvalue weighted by atomic mass is 10.3.